The number of hydrogen-bond donors (Lipinski definition) is 0. The van der Waals surface area contributed by atoms with Gasteiger partial charge in [0.05, 0.1) is 10.8 Å². The van der Waals surface area contributed by atoms with Crippen molar-refractivity contribution in [3.05, 3.63) is 16.3 Å². The van der Waals surface area contributed by atoms with Crippen molar-refractivity contribution in [1.29, 1.82) is 0 Å². The molecule has 2 rings (SSSR count). The van der Waals surface area contributed by atoms with Gasteiger partial charge in [0, 0.05) is 28.5 Å². The Hall–Kier alpha value is 0.250. The van der Waals surface area contributed by atoms with Crippen LogP contribution < -0.4 is 0 Å². The fourth-order valence-corrected chi connectivity index (χ4v) is 6.70. The highest BCUT2D eigenvalue weighted by atomic mass is 35.5. The van der Waals surface area contributed by atoms with Crippen LogP contribution in [0.3, 0.4) is 0 Å². The van der Waals surface area contributed by atoms with Gasteiger partial charge in [0.2, 0.25) is 10.0 Å². The first kappa shape index (κ1) is 14.7. The van der Waals surface area contributed by atoms with Gasteiger partial charge in [-0.25, -0.2) is 8.42 Å². The van der Waals surface area contributed by atoms with Crippen LogP contribution in [-0.4, -0.2) is 36.3 Å². The predicted molar refractivity (Wildman–Crippen MR) is 79.1 cm³/mol. The summed E-state index contributed by atoms with van der Waals surface area (Å²) < 4.78 is 26.9. The summed E-state index contributed by atoms with van der Waals surface area (Å²) in [6.45, 7) is 4.63. The highest BCUT2D eigenvalue weighted by Crippen LogP contribution is 2.32. The van der Waals surface area contributed by atoms with Crippen LogP contribution in [0.15, 0.2) is 16.3 Å². The summed E-state index contributed by atoms with van der Waals surface area (Å²) in [4.78, 5) is 1.11. The summed E-state index contributed by atoms with van der Waals surface area (Å²) in [5, 5.41) is 2.11. The third-order valence-electron chi connectivity index (χ3n) is 3.24. The molecule has 1 aliphatic rings. The van der Waals surface area contributed by atoms with Crippen molar-refractivity contribution in [3.8, 4) is 0 Å². The molecule has 102 valence electrons. The van der Waals surface area contributed by atoms with Crippen LogP contribution in [0.1, 0.15) is 18.7 Å². The Kier molecular flexibility index (Phi) is 4.65. The van der Waals surface area contributed by atoms with Crippen LogP contribution in [0, 0.1) is 0 Å². The molecule has 1 saturated heterocycles. The first-order valence-corrected chi connectivity index (χ1v) is 9.64. The number of rotatable bonds is 3. The first-order valence-electron chi connectivity index (χ1n) is 5.74. The van der Waals surface area contributed by atoms with Crippen LogP contribution in [-0.2, 0) is 15.9 Å². The van der Waals surface area contributed by atoms with E-state index in [4.69, 9.17) is 11.6 Å². The van der Waals surface area contributed by atoms with E-state index in [1.807, 2.05) is 18.7 Å². The van der Waals surface area contributed by atoms with Gasteiger partial charge in [-0.15, -0.1) is 22.9 Å². The maximum absolute atomic E-state index is 12.6. The molecule has 0 aromatic carbocycles. The molecular formula is C11H16ClNO2S3. The normalized spacial score (nSPS) is 26.4. The lowest BCUT2D eigenvalue weighted by Gasteiger charge is -2.36. The summed E-state index contributed by atoms with van der Waals surface area (Å²) in [7, 11) is -3.40. The number of nitrogens with zero attached hydrogens (tertiary/aromatic N) is 1. The van der Waals surface area contributed by atoms with Gasteiger partial charge in [-0.05, 0) is 18.4 Å². The summed E-state index contributed by atoms with van der Waals surface area (Å²) in [5.74, 6) is 1.10. The number of thioether (sulfide) groups is 1. The molecule has 0 spiro atoms. The lowest BCUT2D eigenvalue weighted by Crippen LogP contribution is -2.47. The Bertz CT molecular complexity index is 514. The minimum Gasteiger partial charge on any atom is -0.207 e. The van der Waals surface area contributed by atoms with Gasteiger partial charge in [0.25, 0.3) is 0 Å². The van der Waals surface area contributed by atoms with Gasteiger partial charge in [0.15, 0.2) is 0 Å². The minimum absolute atomic E-state index is 0.0248. The molecule has 0 bridgehead atoms. The van der Waals surface area contributed by atoms with Gasteiger partial charge >= 0.3 is 0 Å². The lowest BCUT2D eigenvalue weighted by molar-refractivity contribution is 0.340. The van der Waals surface area contributed by atoms with Gasteiger partial charge in [0.1, 0.15) is 0 Å². The quantitative estimate of drug-likeness (QED) is 0.802. The summed E-state index contributed by atoms with van der Waals surface area (Å²) in [6, 6.07) is 1.69. The second-order valence-corrected chi connectivity index (χ2v) is 8.89. The molecule has 2 unspecified atom stereocenters. The number of halogens is 1. The van der Waals surface area contributed by atoms with E-state index < -0.39 is 10.0 Å². The van der Waals surface area contributed by atoms with E-state index in [0.29, 0.717) is 16.7 Å². The van der Waals surface area contributed by atoms with Gasteiger partial charge in [-0.2, -0.15) is 16.1 Å². The maximum atomic E-state index is 12.6. The van der Waals surface area contributed by atoms with E-state index in [-0.39, 0.29) is 11.9 Å². The molecule has 0 radical (unpaired) electrons. The second-order valence-electron chi connectivity index (χ2n) is 4.27. The standard InChI is InChI=1S/C11H16ClNO2S3/c1-8-9(2)16-6-4-13(8)18(14,15)11-3-5-17-10(11)7-12/h3,5,8-9H,4,6-7H2,1-2H3. The molecule has 2 heterocycles. The van der Waals surface area contributed by atoms with Crippen LogP contribution in [0.25, 0.3) is 0 Å². The van der Waals surface area contributed by atoms with E-state index >= 15 is 0 Å². The predicted octanol–water partition coefficient (Wildman–Crippen LogP) is 3.00. The highest BCUT2D eigenvalue weighted by Gasteiger charge is 2.36. The molecular weight excluding hydrogens is 310 g/mol. The van der Waals surface area contributed by atoms with E-state index in [1.165, 1.54) is 11.3 Å². The zero-order chi connectivity index (χ0) is 13.3. The van der Waals surface area contributed by atoms with Crippen LogP contribution in [0.4, 0.5) is 0 Å². The Morgan fingerprint density at radius 1 is 1.50 bits per heavy atom. The Labute approximate surface area is 122 Å². The molecule has 1 fully saturated rings. The minimum atomic E-state index is -3.40. The van der Waals surface area contributed by atoms with E-state index in [9.17, 15) is 8.42 Å². The highest BCUT2D eigenvalue weighted by molar-refractivity contribution is 8.00. The van der Waals surface area contributed by atoms with Crippen molar-refractivity contribution >= 4 is 44.7 Å². The van der Waals surface area contributed by atoms with Crippen molar-refractivity contribution in [3.63, 3.8) is 0 Å². The van der Waals surface area contributed by atoms with E-state index in [0.717, 1.165) is 10.6 Å². The molecule has 2 atom stereocenters. The smallest absolute Gasteiger partial charge is 0.207 e. The summed E-state index contributed by atoms with van der Waals surface area (Å²) in [5.41, 5.74) is 0. The first-order chi connectivity index (χ1) is 8.48. The number of thiophene rings is 1. The zero-order valence-electron chi connectivity index (χ0n) is 10.3. The summed E-state index contributed by atoms with van der Waals surface area (Å²) in [6.07, 6.45) is 0. The number of alkyl halides is 1. The van der Waals surface area contributed by atoms with E-state index in [2.05, 4.69) is 6.92 Å². The molecule has 7 heteroatoms. The average molecular weight is 326 g/mol. The van der Waals surface area contributed by atoms with Crippen molar-refractivity contribution < 1.29 is 8.42 Å². The van der Waals surface area contributed by atoms with Gasteiger partial charge in [-0.1, -0.05) is 6.92 Å². The van der Waals surface area contributed by atoms with Crippen molar-refractivity contribution in [2.75, 3.05) is 12.3 Å². The van der Waals surface area contributed by atoms with Crippen LogP contribution in [0.2, 0.25) is 0 Å². The average Bonchev–Trinajstić information content (AvgIpc) is 2.81. The van der Waals surface area contributed by atoms with Crippen LogP contribution in [0.5, 0.6) is 0 Å². The molecule has 0 amide bonds. The Morgan fingerprint density at radius 3 is 2.89 bits per heavy atom. The molecule has 0 saturated carbocycles. The number of hydrogen-bond acceptors (Lipinski definition) is 4. The molecule has 1 aromatic rings. The van der Waals surface area contributed by atoms with Crippen molar-refractivity contribution in [1.82, 2.24) is 4.31 Å². The fraction of sp³-hybridized carbons (Fsp3) is 0.636. The fourth-order valence-electron chi connectivity index (χ4n) is 2.03. The van der Waals surface area contributed by atoms with E-state index in [1.54, 1.807) is 15.8 Å². The molecule has 0 aliphatic carbocycles. The third kappa shape index (κ3) is 2.58. The third-order valence-corrected chi connectivity index (χ3v) is 8.12. The largest absolute Gasteiger partial charge is 0.244 e. The SMILES string of the molecule is CC1SCCN(S(=O)(=O)c2ccsc2CCl)C1C. The molecule has 0 N–H and O–H groups in total. The van der Waals surface area contributed by atoms with Gasteiger partial charge in [-0.3, -0.25) is 0 Å². The lowest BCUT2D eigenvalue weighted by atomic mass is 10.2. The molecule has 3 nitrogen and oxygen atoms in total. The monoisotopic (exact) mass is 325 g/mol. The zero-order valence-corrected chi connectivity index (χ0v) is 13.5. The van der Waals surface area contributed by atoms with Gasteiger partial charge < -0.3 is 0 Å². The Balaban J connectivity index is 2.36. The number of sulfonamides is 1. The molecule has 1 aromatic heterocycles. The van der Waals surface area contributed by atoms with Crippen molar-refractivity contribution in [2.45, 2.75) is 35.9 Å². The second kappa shape index (κ2) is 5.71. The molecule has 18 heavy (non-hydrogen) atoms. The molecule has 1 aliphatic heterocycles. The summed E-state index contributed by atoms with van der Waals surface area (Å²) >= 11 is 9.03. The Morgan fingerprint density at radius 2 is 2.22 bits per heavy atom. The maximum Gasteiger partial charge on any atom is 0.244 e. The van der Waals surface area contributed by atoms with Crippen LogP contribution >= 0.6 is 34.7 Å². The topological polar surface area (TPSA) is 37.4 Å². The van der Waals surface area contributed by atoms with Crippen molar-refractivity contribution in [2.24, 2.45) is 0 Å².